The van der Waals surface area contributed by atoms with Crippen LogP contribution in [0, 0.1) is 12.3 Å². The van der Waals surface area contributed by atoms with Gasteiger partial charge in [-0.1, -0.05) is 49.1 Å². The Morgan fingerprint density at radius 1 is 0.931 bits per heavy atom. The van der Waals surface area contributed by atoms with Crippen LogP contribution >= 0.6 is 0 Å². The number of sulfonamides is 1. The van der Waals surface area contributed by atoms with Gasteiger partial charge < -0.3 is 4.74 Å². The summed E-state index contributed by atoms with van der Waals surface area (Å²) in [6.45, 7) is 2.61. The van der Waals surface area contributed by atoms with Crippen LogP contribution in [0.2, 0.25) is 0 Å². The molecule has 1 aliphatic carbocycles. The van der Waals surface area contributed by atoms with Gasteiger partial charge in [0.25, 0.3) is 0 Å². The van der Waals surface area contributed by atoms with E-state index in [-0.39, 0.29) is 11.5 Å². The van der Waals surface area contributed by atoms with Crippen molar-refractivity contribution in [3.05, 3.63) is 59.7 Å². The normalized spacial score (nSPS) is 22.5. The number of ether oxygens (including phenoxy) is 1. The van der Waals surface area contributed by atoms with Gasteiger partial charge in [-0.15, -0.1) is 0 Å². The Balaban J connectivity index is 1.72. The van der Waals surface area contributed by atoms with Gasteiger partial charge in [-0.05, 0) is 67.9 Å². The van der Waals surface area contributed by atoms with Crippen molar-refractivity contribution in [2.24, 2.45) is 5.41 Å². The molecule has 1 saturated heterocycles. The van der Waals surface area contributed by atoms with E-state index in [1.165, 1.54) is 19.3 Å². The lowest BCUT2D eigenvalue weighted by Crippen LogP contribution is -2.48. The zero-order valence-corrected chi connectivity index (χ0v) is 18.2. The number of aryl methyl sites for hydroxylation is 1. The lowest BCUT2D eigenvalue weighted by Gasteiger charge is -2.48. The molecule has 0 N–H and O–H groups in total. The Hall–Kier alpha value is -1.85. The fourth-order valence-electron chi connectivity index (χ4n) is 5.07. The van der Waals surface area contributed by atoms with Crippen molar-refractivity contribution in [2.45, 2.75) is 62.8 Å². The summed E-state index contributed by atoms with van der Waals surface area (Å²) in [6, 6.07) is 15.0. The van der Waals surface area contributed by atoms with Crippen LogP contribution in [-0.2, 0) is 10.0 Å². The number of methoxy groups -OCH3 is 1. The summed E-state index contributed by atoms with van der Waals surface area (Å²) in [5.74, 6) is 0.793. The molecule has 4 rings (SSSR count). The monoisotopic (exact) mass is 413 g/mol. The second-order valence-electron chi connectivity index (χ2n) is 8.75. The Labute approximate surface area is 174 Å². The maximum atomic E-state index is 13.7. The topological polar surface area (TPSA) is 46.6 Å². The van der Waals surface area contributed by atoms with Gasteiger partial charge in [0.2, 0.25) is 10.0 Å². The van der Waals surface area contributed by atoms with E-state index in [0.29, 0.717) is 11.4 Å². The van der Waals surface area contributed by atoms with E-state index in [2.05, 4.69) is 0 Å². The molecule has 4 nitrogen and oxygen atoms in total. The van der Waals surface area contributed by atoms with Gasteiger partial charge in [-0.3, -0.25) is 0 Å². The lowest BCUT2D eigenvalue weighted by atomic mass is 9.68. The van der Waals surface area contributed by atoms with Crippen LogP contribution in [0.25, 0.3) is 0 Å². The van der Waals surface area contributed by atoms with Crippen LogP contribution in [0.1, 0.15) is 62.1 Å². The number of piperidine rings is 1. The minimum absolute atomic E-state index is 0.125. The van der Waals surface area contributed by atoms with E-state index in [1.54, 1.807) is 23.5 Å². The zero-order valence-electron chi connectivity index (χ0n) is 17.4. The predicted octanol–water partition coefficient (Wildman–Crippen LogP) is 5.48. The molecule has 1 saturated carbocycles. The Morgan fingerprint density at radius 2 is 1.59 bits per heavy atom. The highest BCUT2D eigenvalue weighted by atomic mass is 32.2. The summed E-state index contributed by atoms with van der Waals surface area (Å²) in [4.78, 5) is 0.398. The molecule has 2 fully saturated rings. The molecule has 2 aliphatic rings. The SMILES string of the molecule is COc1ccc(C2CCC3(CCCCC3)CN2S(=O)(=O)c2ccc(C)cc2)cc1. The molecule has 1 heterocycles. The van der Waals surface area contributed by atoms with Crippen molar-refractivity contribution in [3.63, 3.8) is 0 Å². The van der Waals surface area contributed by atoms with E-state index < -0.39 is 10.0 Å². The van der Waals surface area contributed by atoms with Crippen LogP contribution in [0.3, 0.4) is 0 Å². The molecule has 1 aliphatic heterocycles. The molecule has 2 aromatic carbocycles. The van der Waals surface area contributed by atoms with E-state index in [0.717, 1.165) is 42.6 Å². The van der Waals surface area contributed by atoms with Crippen molar-refractivity contribution in [3.8, 4) is 5.75 Å². The van der Waals surface area contributed by atoms with Crippen LogP contribution in [0.5, 0.6) is 5.75 Å². The molecule has 0 aromatic heterocycles. The fourth-order valence-corrected chi connectivity index (χ4v) is 6.83. The number of hydrogen-bond acceptors (Lipinski definition) is 3. The van der Waals surface area contributed by atoms with Crippen LogP contribution in [0.15, 0.2) is 53.4 Å². The van der Waals surface area contributed by atoms with Gasteiger partial charge in [0.05, 0.1) is 18.0 Å². The van der Waals surface area contributed by atoms with Gasteiger partial charge in [-0.2, -0.15) is 4.31 Å². The van der Waals surface area contributed by atoms with Crippen LogP contribution in [0.4, 0.5) is 0 Å². The minimum Gasteiger partial charge on any atom is -0.497 e. The summed E-state index contributed by atoms with van der Waals surface area (Å²) in [6.07, 6.45) is 7.96. The molecule has 2 aromatic rings. The first-order chi connectivity index (χ1) is 13.9. The molecular weight excluding hydrogens is 382 g/mol. The Kier molecular flexibility index (Phi) is 5.71. The molecule has 29 heavy (non-hydrogen) atoms. The van der Waals surface area contributed by atoms with E-state index in [4.69, 9.17) is 4.74 Å². The number of rotatable bonds is 4. The number of hydrogen-bond donors (Lipinski definition) is 0. The van der Waals surface area contributed by atoms with Gasteiger partial charge >= 0.3 is 0 Å². The van der Waals surface area contributed by atoms with Gasteiger partial charge in [-0.25, -0.2) is 8.42 Å². The summed E-state index contributed by atoms with van der Waals surface area (Å²) in [5, 5.41) is 0. The first-order valence-electron chi connectivity index (χ1n) is 10.7. The average Bonchev–Trinajstić information content (AvgIpc) is 2.75. The highest BCUT2D eigenvalue weighted by molar-refractivity contribution is 7.89. The van der Waals surface area contributed by atoms with Gasteiger partial charge in [0, 0.05) is 6.54 Å². The van der Waals surface area contributed by atoms with Crippen molar-refractivity contribution in [1.82, 2.24) is 4.31 Å². The van der Waals surface area contributed by atoms with Gasteiger partial charge in [0.1, 0.15) is 5.75 Å². The van der Waals surface area contributed by atoms with Crippen molar-refractivity contribution in [2.75, 3.05) is 13.7 Å². The van der Waals surface area contributed by atoms with Crippen molar-refractivity contribution in [1.29, 1.82) is 0 Å². The molecule has 1 spiro atoms. The second kappa shape index (κ2) is 8.11. The fraction of sp³-hybridized carbons (Fsp3) is 0.500. The standard InChI is InChI=1S/C24H31NO3S/c1-19-6-12-22(13-7-19)29(26,27)25-18-24(15-4-3-5-16-24)17-14-23(25)20-8-10-21(28-2)11-9-20/h6-13,23H,3-5,14-18H2,1-2H3. The summed E-state index contributed by atoms with van der Waals surface area (Å²) < 4.78 is 34.6. The maximum Gasteiger partial charge on any atom is 0.243 e. The first-order valence-corrected chi connectivity index (χ1v) is 12.1. The van der Waals surface area contributed by atoms with Crippen molar-refractivity contribution < 1.29 is 13.2 Å². The molecule has 5 heteroatoms. The average molecular weight is 414 g/mol. The Bertz CT molecular complexity index is 929. The summed E-state index contributed by atoms with van der Waals surface area (Å²) >= 11 is 0. The molecular formula is C24H31NO3S. The third kappa shape index (κ3) is 4.08. The third-order valence-electron chi connectivity index (χ3n) is 6.83. The Morgan fingerprint density at radius 3 is 2.21 bits per heavy atom. The first kappa shape index (κ1) is 20.4. The predicted molar refractivity (Wildman–Crippen MR) is 116 cm³/mol. The molecule has 0 bridgehead atoms. The van der Waals surface area contributed by atoms with E-state index >= 15 is 0 Å². The highest BCUT2D eigenvalue weighted by Gasteiger charge is 2.45. The molecule has 1 unspecified atom stereocenters. The second-order valence-corrected chi connectivity index (χ2v) is 10.6. The smallest absolute Gasteiger partial charge is 0.243 e. The van der Waals surface area contributed by atoms with E-state index in [1.807, 2.05) is 43.3 Å². The molecule has 1 atom stereocenters. The zero-order chi connectivity index (χ0) is 20.5. The molecule has 156 valence electrons. The number of nitrogens with zero attached hydrogens (tertiary/aromatic N) is 1. The highest BCUT2D eigenvalue weighted by Crippen LogP contribution is 2.49. The molecule has 0 amide bonds. The molecule has 0 radical (unpaired) electrons. The van der Waals surface area contributed by atoms with E-state index in [9.17, 15) is 8.42 Å². The number of benzene rings is 2. The third-order valence-corrected chi connectivity index (χ3v) is 8.70. The van der Waals surface area contributed by atoms with Crippen LogP contribution < -0.4 is 4.74 Å². The maximum absolute atomic E-state index is 13.7. The summed E-state index contributed by atoms with van der Waals surface area (Å²) in [7, 11) is -1.92. The van der Waals surface area contributed by atoms with Crippen LogP contribution in [-0.4, -0.2) is 26.4 Å². The minimum atomic E-state index is -3.57. The van der Waals surface area contributed by atoms with Crippen molar-refractivity contribution >= 4 is 10.0 Å². The lowest BCUT2D eigenvalue weighted by molar-refractivity contribution is 0.0649. The largest absolute Gasteiger partial charge is 0.497 e. The van der Waals surface area contributed by atoms with Gasteiger partial charge in [0.15, 0.2) is 0 Å². The quantitative estimate of drug-likeness (QED) is 0.667. The summed E-state index contributed by atoms with van der Waals surface area (Å²) in [5.41, 5.74) is 2.25.